The third kappa shape index (κ3) is 6.11. The van der Waals surface area contributed by atoms with Crippen LogP contribution in [-0.4, -0.2) is 47.3 Å². The maximum atomic E-state index is 13.8. The quantitative estimate of drug-likeness (QED) is 0.303. The maximum absolute atomic E-state index is 13.8. The van der Waals surface area contributed by atoms with Crippen LogP contribution in [0.15, 0.2) is 61.7 Å². The van der Waals surface area contributed by atoms with Crippen molar-refractivity contribution in [1.82, 2.24) is 9.78 Å². The minimum absolute atomic E-state index is 0.135. The van der Waals surface area contributed by atoms with E-state index in [4.69, 9.17) is 4.74 Å². The smallest absolute Gasteiger partial charge is 0.359 e. The largest absolute Gasteiger partial charge is 0.461 e. The average Bonchev–Trinajstić information content (AvgIpc) is 3.37. The van der Waals surface area contributed by atoms with E-state index in [2.05, 4.69) is 18.3 Å². The zero-order valence-corrected chi connectivity index (χ0v) is 23.4. The molecule has 0 unspecified atom stereocenters. The van der Waals surface area contributed by atoms with Crippen LogP contribution in [0.5, 0.6) is 0 Å². The fourth-order valence-corrected chi connectivity index (χ4v) is 4.73. The lowest BCUT2D eigenvalue weighted by Crippen LogP contribution is -2.39. The zero-order valence-electron chi connectivity index (χ0n) is 23.4. The molecule has 0 bridgehead atoms. The molecule has 8 nitrogen and oxygen atoms in total. The van der Waals surface area contributed by atoms with Crippen molar-refractivity contribution in [2.75, 3.05) is 29.5 Å². The molecule has 0 radical (unpaired) electrons. The van der Waals surface area contributed by atoms with Crippen LogP contribution in [0, 0.1) is 6.92 Å². The Morgan fingerprint density at radius 2 is 1.46 bits per heavy atom. The molecule has 1 fully saturated rings. The second-order valence-corrected chi connectivity index (χ2v) is 8.87. The number of carbonyl (C=O) groups excluding carboxylic acids is 3. The fraction of sp³-hybridized carbons (Fsp3) is 0.355. The molecule has 206 valence electrons. The molecule has 0 atom stereocenters. The second kappa shape index (κ2) is 13.6. The minimum atomic E-state index is -0.522. The molecule has 5 rings (SSSR count). The molecule has 0 aliphatic carbocycles. The zero-order chi connectivity index (χ0) is 28.5. The Hall–Kier alpha value is -4.20. The van der Waals surface area contributed by atoms with Gasteiger partial charge in [-0.25, -0.2) is 9.48 Å². The van der Waals surface area contributed by atoms with E-state index in [9.17, 15) is 14.4 Å². The van der Waals surface area contributed by atoms with Crippen molar-refractivity contribution in [3.8, 4) is 5.69 Å². The number of rotatable bonds is 5. The van der Waals surface area contributed by atoms with Gasteiger partial charge in [-0.05, 0) is 69.5 Å². The average molecular weight is 531 g/mol. The van der Waals surface area contributed by atoms with Gasteiger partial charge in [0.25, 0.3) is 5.91 Å². The summed E-state index contributed by atoms with van der Waals surface area (Å²) in [7, 11) is 0. The predicted octanol–water partition coefficient (Wildman–Crippen LogP) is 5.91. The minimum Gasteiger partial charge on any atom is -0.461 e. The van der Waals surface area contributed by atoms with Gasteiger partial charge < -0.3 is 14.5 Å². The number of hydrogen-bond donors (Lipinski definition) is 0. The summed E-state index contributed by atoms with van der Waals surface area (Å²) in [5, 5.41) is 4.52. The number of piperidine rings is 1. The first-order valence-electron chi connectivity index (χ1n) is 13.6. The van der Waals surface area contributed by atoms with Crippen molar-refractivity contribution in [2.45, 2.75) is 53.4 Å². The van der Waals surface area contributed by atoms with E-state index in [0.29, 0.717) is 36.3 Å². The first-order chi connectivity index (χ1) is 19.0. The van der Waals surface area contributed by atoms with E-state index < -0.39 is 5.97 Å². The van der Waals surface area contributed by atoms with Gasteiger partial charge in [-0.15, -0.1) is 13.2 Å². The number of amides is 2. The number of anilines is 2. The van der Waals surface area contributed by atoms with Crippen LogP contribution in [0.4, 0.5) is 11.4 Å². The summed E-state index contributed by atoms with van der Waals surface area (Å²) < 4.78 is 6.77. The van der Waals surface area contributed by atoms with Gasteiger partial charge >= 0.3 is 5.97 Å². The number of aromatic nitrogens is 2. The lowest BCUT2D eigenvalue weighted by molar-refractivity contribution is -0.119. The fourth-order valence-electron chi connectivity index (χ4n) is 4.73. The summed E-state index contributed by atoms with van der Waals surface area (Å²) in [6.45, 7) is 15.1. The Morgan fingerprint density at radius 3 is 2.05 bits per heavy atom. The molecule has 3 heterocycles. The second-order valence-electron chi connectivity index (χ2n) is 8.87. The summed E-state index contributed by atoms with van der Waals surface area (Å²) in [4.78, 5) is 42.2. The van der Waals surface area contributed by atoms with Crippen LogP contribution >= 0.6 is 0 Å². The lowest BCUT2D eigenvalue weighted by Gasteiger charge is -2.29. The summed E-state index contributed by atoms with van der Waals surface area (Å²) in [6, 6.07) is 15.2. The van der Waals surface area contributed by atoms with Crippen LogP contribution in [0.1, 0.15) is 72.1 Å². The van der Waals surface area contributed by atoms with Crippen molar-refractivity contribution in [3.63, 3.8) is 0 Å². The molecular weight excluding hydrogens is 492 g/mol. The normalized spacial score (nSPS) is 14.5. The van der Waals surface area contributed by atoms with Gasteiger partial charge in [0.1, 0.15) is 5.69 Å². The Bertz CT molecular complexity index is 1300. The van der Waals surface area contributed by atoms with Gasteiger partial charge in [0.2, 0.25) is 5.91 Å². The van der Waals surface area contributed by atoms with Crippen LogP contribution < -0.4 is 9.80 Å². The van der Waals surface area contributed by atoms with E-state index in [1.54, 1.807) is 16.5 Å². The number of ether oxygens (including phenoxy) is 1. The standard InChI is InChI=1S/C27H28N4O4.C2H6.C2H4/c1-3-35-27(34)24-22-15-17-30(20-13-11-19(12-14-20)29-16-5-4-6-23(29)32)26(33)25(22)31(28-24)21-9-7-18(2)8-10-21;2*1-2/h7-14H,3-6,15-17H2,1-2H3;1-2H3;1-2H2. The number of hydrogen-bond acceptors (Lipinski definition) is 5. The molecule has 0 N–H and O–H groups in total. The van der Waals surface area contributed by atoms with Gasteiger partial charge in [0.05, 0.1) is 12.3 Å². The van der Waals surface area contributed by atoms with Crippen molar-refractivity contribution in [3.05, 3.63) is 84.2 Å². The van der Waals surface area contributed by atoms with Crippen molar-refractivity contribution in [2.24, 2.45) is 0 Å². The summed E-state index contributed by atoms with van der Waals surface area (Å²) >= 11 is 0. The monoisotopic (exact) mass is 530 g/mol. The highest BCUT2D eigenvalue weighted by atomic mass is 16.5. The summed E-state index contributed by atoms with van der Waals surface area (Å²) in [6.07, 6.45) is 2.97. The molecular formula is C31H38N4O4. The molecule has 8 heteroatoms. The molecule has 0 spiro atoms. The van der Waals surface area contributed by atoms with Crippen LogP contribution in [0.25, 0.3) is 5.69 Å². The van der Waals surface area contributed by atoms with Crippen molar-refractivity contribution < 1.29 is 19.1 Å². The molecule has 1 aromatic heterocycles. The Labute approximate surface area is 230 Å². The molecule has 39 heavy (non-hydrogen) atoms. The number of carbonyl (C=O) groups is 3. The lowest BCUT2D eigenvalue weighted by atomic mass is 10.0. The highest BCUT2D eigenvalue weighted by molar-refractivity contribution is 6.09. The van der Waals surface area contributed by atoms with Crippen molar-refractivity contribution in [1.29, 1.82) is 0 Å². The molecule has 3 aromatic rings. The first-order valence-corrected chi connectivity index (χ1v) is 13.6. The van der Waals surface area contributed by atoms with E-state index >= 15 is 0 Å². The number of aryl methyl sites for hydroxylation is 1. The number of nitrogens with zero attached hydrogens (tertiary/aromatic N) is 4. The third-order valence-electron chi connectivity index (χ3n) is 6.56. The van der Waals surface area contributed by atoms with Crippen LogP contribution in [0.3, 0.4) is 0 Å². The number of fused-ring (bicyclic) bond motifs is 1. The highest BCUT2D eigenvalue weighted by Crippen LogP contribution is 2.31. The highest BCUT2D eigenvalue weighted by Gasteiger charge is 2.35. The topological polar surface area (TPSA) is 84.7 Å². The molecule has 0 saturated carbocycles. The third-order valence-corrected chi connectivity index (χ3v) is 6.56. The van der Waals surface area contributed by atoms with Crippen molar-refractivity contribution >= 4 is 29.2 Å². The number of esters is 1. The SMILES string of the molecule is C=C.CC.CCOC(=O)c1nn(-c2ccc(C)cc2)c2c1CCN(c1ccc(N3CCCCC3=O)cc1)C2=O. The summed E-state index contributed by atoms with van der Waals surface area (Å²) in [5.74, 6) is -0.612. The molecule has 2 aromatic carbocycles. The van der Waals surface area contributed by atoms with E-state index in [0.717, 1.165) is 36.3 Å². The molecule has 1 saturated heterocycles. The van der Waals surface area contributed by atoms with Crippen LogP contribution in [0.2, 0.25) is 0 Å². The van der Waals surface area contributed by atoms with Gasteiger partial charge in [-0.3, -0.25) is 9.59 Å². The molecule has 2 aliphatic rings. The number of benzene rings is 2. The van der Waals surface area contributed by atoms with E-state index in [1.807, 2.05) is 74.2 Å². The Balaban J connectivity index is 0.00000100. The van der Waals surface area contributed by atoms with Crippen LogP contribution in [-0.2, 0) is 16.0 Å². The Morgan fingerprint density at radius 1 is 0.872 bits per heavy atom. The Kier molecular flexibility index (Phi) is 10.2. The molecule has 2 aliphatic heterocycles. The molecule has 2 amide bonds. The van der Waals surface area contributed by atoms with Gasteiger partial charge in [-0.2, -0.15) is 5.10 Å². The van der Waals surface area contributed by atoms with Gasteiger partial charge in [-0.1, -0.05) is 31.5 Å². The maximum Gasteiger partial charge on any atom is 0.359 e. The summed E-state index contributed by atoms with van der Waals surface area (Å²) in [5.41, 5.74) is 4.55. The first kappa shape index (κ1) is 29.4. The van der Waals surface area contributed by atoms with Gasteiger partial charge in [0.15, 0.2) is 5.69 Å². The predicted molar refractivity (Wildman–Crippen MR) is 155 cm³/mol. The van der Waals surface area contributed by atoms with Gasteiger partial charge in [0, 0.05) is 36.4 Å². The van der Waals surface area contributed by atoms with E-state index in [-0.39, 0.29) is 24.1 Å². The van der Waals surface area contributed by atoms with E-state index in [1.165, 1.54) is 0 Å².